The van der Waals surface area contributed by atoms with E-state index in [0.29, 0.717) is 6.04 Å². The minimum atomic E-state index is 0.472. The van der Waals surface area contributed by atoms with Crippen molar-refractivity contribution in [1.29, 1.82) is 0 Å². The van der Waals surface area contributed by atoms with Crippen LogP contribution < -0.4 is 4.90 Å². The van der Waals surface area contributed by atoms with Crippen molar-refractivity contribution in [3.05, 3.63) is 24.4 Å². The lowest BCUT2D eigenvalue weighted by Gasteiger charge is -2.23. The van der Waals surface area contributed by atoms with Crippen molar-refractivity contribution >= 4 is 21.7 Å². The van der Waals surface area contributed by atoms with E-state index in [9.17, 15) is 0 Å². The Morgan fingerprint density at radius 2 is 2.33 bits per heavy atom. The van der Waals surface area contributed by atoms with Gasteiger partial charge in [-0.1, -0.05) is 22.0 Å². The minimum absolute atomic E-state index is 0.472. The second kappa shape index (κ2) is 4.45. The Balaban J connectivity index is 2.71. The molecule has 0 amide bonds. The highest BCUT2D eigenvalue weighted by molar-refractivity contribution is 9.09. The molecule has 1 aromatic heterocycles. The lowest BCUT2D eigenvalue weighted by Crippen LogP contribution is -2.30. The molecule has 1 aromatic rings. The van der Waals surface area contributed by atoms with Gasteiger partial charge in [0.1, 0.15) is 5.82 Å². The van der Waals surface area contributed by atoms with Crippen molar-refractivity contribution in [2.45, 2.75) is 13.0 Å². The van der Waals surface area contributed by atoms with Gasteiger partial charge in [0.15, 0.2) is 0 Å². The number of hydrogen-bond donors (Lipinski definition) is 0. The van der Waals surface area contributed by atoms with Crippen LogP contribution in [0.4, 0.5) is 5.82 Å². The zero-order valence-corrected chi connectivity index (χ0v) is 8.95. The summed E-state index contributed by atoms with van der Waals surface area (Å²) in [4.78, 5) is 6.40. The summed E-state index contributed by atoms with van der Waals surface area (Å²) in [6, 6.07) is 6.41. The Morgan fingerprint density at radius 3 is 2.83 bits per heavy atom. The number of halogens is 1. The van der Waals surface area contributed by atoms with Crippen molar-refractivity contribution < 1.29 is 0 Å². The van der Waals surface area contributed by atoms with Gasteiger partial charge in [-0.15, -0.1) is 0 Å². The van der Waals surface area contributed by atoms with Crippen LogP contribution in [-0.2, 0) is 0 Å². The molecule has 12 heavy (non-hydrogen) atoms. The first-order chi connectivity index (χ1) is 5.75. The summed E-state index contributed by atoms with van der Waals surface area (Å²) in [5, 5.41) is 0.958. The maximum absolute atomic E-state index is 4.25. The van der Waals surface area contributed by atoms with Gasteiger partial charge in [-0.2, -0.15) is 0 Å². The molecular weight excluding hydrogens is 216 g/mol. The van der Waals surface area contributed by atoms with Gasteiger partial charge in [-0.25, -0.2) is 4.98 Å². The molecule has 3 heteroatoms. The summed E-state index contributed by atoms with van der Waals surface area (Å²) in [5.74, 6) is 1.02. The summed E-state index contributed by atoms with van der Waals surface area (Å²) in [7, 11) is 2.05. The molecule has 0 radical (unpaired) electrons. The van der Waals surface area contributed by atoms with Gasteiger partial charge >= 0.3 is 0 Å². The minimum Gasteiger partial charge on any atom is -0.356 e. The number of rotatable bonds is 3. The fraction of sp³-hybridized carbons (Fsp3) is 0.444. The van der Waals surface area contributed by atoms with Crippen molar-refractivity contribution in [1.82, 2.24) is 4.98 Å². The third kappa shape index (κ3) is 2.21. The van der Waals surface area contributed by atoms with Gasteiger partial charge in [-0.05, 0) is 19.1 Å². The van der Waals surface area contributed by atoms with E-state index in [-0.39, 0.29) is 0 Å². The Kier molecular flexibility index (Phi) is 3.53. The van der Waals surface area contributed by atoms with E-state index in [1.807, 2.05) is 31.4 Å². The van der Waals surface area contributed by atoms with Gasteiger partial charge in [0.05, 0.1) is 0 Å². The molecular formula is C9H13BrN2. The molecule has 1 heterocycles. The van der Waals surface area contributed by atoms with E-state index < -0.39 is 0 Å². The average molecular weight is 229 g/mol. The highest BCUT2D eigenvalue weighted by atomic mass is 79.9. The lowest BCUT2D eigenvalue weighted by molar-refractivity contribution is 0.757. The maximum atomic E-state index is 4.25. The second-order valence-electron chi connectivity index (χ2n) is 2.80. The molecule has 1 rings (SSSR count). The van der Waals surface area contributed by atoms with Crippen molar-refractivity contribution in [2.24, 2.45) is 0 Å². The van der Waals surface area contributed by atoms with Gasteiger partial charge in [0, 0.05) is 24.6 Å². The van der Waals surface area contributed by atoms with E-state index in [1.54, 1.807) is 0 Å². The van der Waals surface area contributed by atoms with Crippen LogP contribution >= 0.6 is 15.9 Å². The Hall–Kier alpha value is -0.570. The van der Waals surface area contributed by atoms with Gasteiger partial charge < -0.3 is 4.90 Å². The molecule has 0 aliphatic rings. The third-order valence-corrected chi connectivity index (χ3v) is 2.83. The van der Waals surface area contributed by atoms with E-state index >= 15 is 0 Å². The smallest absolute Gasteiger partial charge is 0.128 e. The predicted molar refractivity (Wildman–Crippen MR) is 55.9 cm³/mol. The van der Waals surface area contributed by atoms with E-state index in [2.05, 4.69) is 32.7 Å². The molecule has 0 aliphatic carbocycles. The first-order valence-corrected chi connectivity index (χ1v) is 5.07. The number of pyridine rings is 1. The van der Waals surface area contributed by atoms with E-state index in [4.69, 9.17) is 0 Å². The Labute approximate surface area is 81.7 Å². The maximum Gasteiger partial charge on any atom is 0.128 e. The number of anilines is 1. The largest absolute Gasteiger partial charge is 0.356 e. The number of alkyl halides is 1. The molecule has 1 atom stereocenters. The van der Waals surface area contributed by atoms with Gasteiger partial charge in [0.2, 0.25) is 0 Å². The van der Waals surface area contributed by atoms with Gasteiger partial charge in [0.25, 0.3) is 0 Å². The molecule has 0 fully saturated rings. The molecule has 0 aliphatic heterocycles. The summed E-state index contributed by atoms with van der Waals surface area (Å²) in [5.41, 5.74) is 0. The molecule has 0 spiro atoms. The standard InChI is InChI=1S/C9H13BrN2/c1-8(7-10)12(2)9-5-3-4-6-11-9/h3-6,8H,7H2,1-2H3. The number of nitrogens with zero attached hydrogens (tertiary/aromatic N) is 2. The SMILES string of the molecule is CC(CBr)N(C)c1ccccn1. The lowest BCUT2D eigenvalue weighted by atomic mass is 10.3. The molecule has 0 saturated carbocycles. The molecule has 2 nitrogen and oxygen atoms in total. The molecule has 0 saturated heterocycles. The third-order valence-electron chi connectivity index (χ3n) is 1.90. The fourth-order valence-corrected chi connectivity index (χ4v) is 1.33. The van der Waals surface area contributed by atoms with Crippen LogP contribution in [0.15, 0.2) is 24.4 Å². The topological polar surface area (TPSA) is 16.1 Å². The molecule has 0 bridgehead atoms. The first kappa shape index (κ1) is 9.52. The highest BCUT2D eigenvalue weighted by Gasteiger charge is 2.07. The van der Waals surface area contributed by atoms with Crippen LogP contribution in [0.3, 0.4) is 0 Å². The normalized spacial score (nSPS) is 12.6. The van der Waals surface area contributed by atoms with Crippen LogP contribution in [0.5, 0.6) is 0 Å². The first-order valence-electron chi connectivity index (χ1n) is 3.95. The molecule has 1 unspecified atom stereocenters. The van der Waals surface area contributed by atoms with Crippen molar-refractivity contribution in [3.63, 3.8) is 0 Å². The molecule has 0 aromatic carbocycles. The highest BCUT2D eigenvalue weighted by Crippen LogP contribution is 2.11. The predicted octanol–water partition coefficient (Wildman–Crippen LogP) is 2.30. The van der Waals surface area contributed by atoms with Crippen molar-refractivity contribution in [3.8, 4) is 0 Å². The van der Waals surface area contributed by atoms with Crippen molar-refractivity contribution in [2.75, 3.05) is 17.3 Å². The van der Waals surface area contributed by atoms with Crippen LogP contribution in [0.2, 0.25) is 0 Å². The quantitative estimate of drug-likeness (QED) is 0.739. The second-order valence-corrected chi connectivity index (χ2v) is 3.45. The van der Waals surface area contributed by atoms with Crippen LogP contribution in [0, 0.1) is 0 Å². The summed E-state index contributed by atoms with van der Waals surface area (Å²) in [6.45, 7) is 2.16. The summed E-state index contributed by atoms with van der Waals surface area (Å²) in [6.07, 6.45) is 1.81. The number of aromatic nitrogens is 1. The summed E-state index contributed by atoms with van der Waals surface area (Å²) >= 11 is 3.44. The Bertz CT molecular complexity index is 225. The zero-order valence-electron chi connectivity index (χ0n) is 7.37. The summed E-state index contributed by atoms with van der Waals surface area (Å²) < 4.78 is 0. The van der Waals surface area contributed by atoms with E-state index in [1.165, 1.54) is 0 Å². The van der Waals surface area contributed by atoms with Gasteiger partial charge in [-0.3, -0.25) is 0 Å². The van der Waals surface area contributed by atoms with E-state index in [0.717, 1.165) is 11.1 Å². The Morgan fingerprint density at radius 1 is 1.58 bits per heavy atom. The van der Waals surface area contributed by atoms with Crippen LogP contribution in [0.1, 0.15) is 6.92 Å². The monoisotopic (exact) mass is 228 g/mol. The number of hydrogen-bond acceptors (Lipinski definition) is 2. The fourth-order valence-electron chi connectivity index (χ4n) is 0.892. The van der Waals surface area contributed by atoms with Crippen LogP contribution in [0.25, 0.3) is 0 Å². The van der Waals surface area contributed by atoms with Crippen LogP contribution in [-0.4, -0.2) is 23.4 Å². The molecule has 0 N–H and O–H groups in total. The average Bonchev–Trinajstić information content (AvgIpc) is 2.17. The molecule has 66 valence electrons. The zero-order chi connectivity index (χ0) is 8.97.